The molecule has 0 spiro atoms. The topological polar surface area (TPSA) is 9.23 Å². The maximum atomic E-state index is 15.1. The Morgan fingerprint density at radius 1 is 1.00 bits per heavy atom. The molecular weight excluding hydrogens is 318 g/mol. The van der Waals surface area contributed by atoms with Crippen molar-refractivity contribution in [3.05, 3.63) is 53.3 Å². The monoisotopic (exact) mass is 348 g/mol. The molecule has 0 bridgehead atoms. The van der Waals surface area contributed by atoms with Crippen LogP contribution in [0.2, 0.25) is 0 Å². The van der Waals surface area contributed by atoms with Crippen molar-refractivity contribution in [3.63, 3.8) is 0 Å². The Labute approximate surface area is 151 Å². The third kappa shape index (κ3) is 5.04. The second kappa shape index (κ2) is 8.98. The zero-order valence-electron chi connectivity index (χ0n) is 16.4. The quantitative estimate of drug-likeness (QED) is 0.570. The van der Waals surface area contributed by atoms with Crippen LogP contribution in [0.3, 0.4) is 0 Å². The van der Waals surface area contributed by atoms with Crippen molar-refractivity contribution in [3.8, 4) is 16.9 Å². The molecule has 0 saturated carbocycles. The molecule has 1 unspecified atom stereocenters. The van der Waals surface area contributed by atoms with Crippen molar-refractivity contribution in [2.24, 2.45) is 5.41 Å². The summed E-state index contributed by atoms with van der Waals surface area (Å²) in [6.07, 6.45) is -0.375. The first-order valence-electron chi connectivity index (χ1n) is 8.88. The van der Waals surface area contributed by atoms with E-state index in [2.05, 4.69) is 0 Å². The fraction of sp³-hybridized carbons (Fsp3) is 0.455. The van der Waals surface area contributed by atoms with E-state index >= 15 is 4.39 Å². The fourth-order valence-corrected chi connectivity index (χ4v) is 2.59. The third-order valence-electron chi connectivity index (χ3n) is 4.02. The minimum absolute atomic E-state index is 0.369. The van der Waals surface area contributed by atoms with Gasteiger partial charge in [0.15, 0.2) is 0 Å². The molecule has 25 heavy (non-hydrogen) atoms. The van der Waals surface area contributed by atoms with Crippen LogP contribution in [0, 0.1) is 11.2 Å². The molecule has 0 fully saturated rings. The maximum Gasteiger partial charge on any atom is 0.131 e. The van der Waals surface area contributed by atoms with Crippen LogP contribution < -0.4 is 4.74 Å². The van der Waals surface area contributed by atoms with Gasteiger partial charge >= 0.3 is 0 Å². The van der Waals surface area contributed by atoms with Gasteiger partial charge in [-0.25, -0.2) is 8.78 Å². The Hall–Kier alpha value is -1.90. The van der Waals surface area contributed by atoms with Gasteiger partial charge in [-0.05, 0) is 46.7 Å². The summed E-state index contributed by atoms with van der Waals surface area (Å²) in [6, 6.07) is 10.1. The number of rotatable bonds is 4. The smallest absolute Gasteiger partial charge is 0.131 e. The molecule has 0 heterocycles. The third-order valence-corrected chi connectivity index (χ3v) is 4.02. The van der Waals surface area contributed by atoms with Gasteiger partial charge in [0.25, 0.3) is 0 Å². The zero-order valence-corrected chi connectivity index (χ0v) is 16.4. The summed E-state index contributed by atoms with van der Waals surface area (Å²) < 4.78 is 34.6. The lowest BCUT2D eigenvalue weighted by Gasteiger charge is -2.26. The number of alkyl halides is 1. The molecule has 0 aliphatic heterocycles. The molecule has 0 aliphatic rings. The molecule has 138 valence electrons. The van der Waals surface area contributed by atoms with Gasteiger partial charge in [-0.15, -0.1) is 0 Å². The largest absolute Gasteiger partial charge is 0.497 e. The van der Waals surface area contributed by atoms with Crippen molar-refractivity contribution in [2.45, 2.75) is 54.1 Å². The molecular formula is C22H30F2O. The second-order valence-corrected chi connectivity index (χ2v) is 6.85. The Bertz CT molecular complexity index is 687. The lowest BCUT2D eigenvalue weighted by molar-refractivity contribution is 0.165. The first kappa shape index (κ1) is 21.1. The van der Waals surface area contributed by atoms with E-state index in [0.717, 1.165) is 12.0 Å². The van der Waals surface area contributed by atoms with Crippen LogP contribution >= 0.6 is 0 Å². The fourth-order valence-electron chi connectivity index (χ4n) is 2.59. The number of halogens is 2. The molecule has 2 rings (SSSR count). The molecule has 2 aromatic rings. The van der Waals surface area contributed by atoms with E-state index in [1.165, 1.54) is 13.2 Å². The standard InChI is InChI=1S/C20H24F2O.C2H6/c1-6-13-7-9-15(17(11-13)19(22)20(2,3)4)16-12-14(23-5)8-10-18(16)21;1-2/h7-12,19H,6H2,1-5H3;1-2H3. The lowest BCUT2D eigenvalue weighted by Crippen LogP contribution is -2.15. The Balaban J connectivity index is 0.00000151. The summed E-state index contributed by atoms with van der Waals surface area (Å²) in [5.41, 5.74) is 1.97. The van der Waals surface area contributed by atoms with Crippen LogP contribution in [0.1, 0.15) is 58.8 Å². The second-order valence-electron chi connectivity index (χ2n) is 6.85. The van der Waals surface area contributed by atoms with Gasteiger partial charge in [0, 0.05) is 5.56 Å². The molecule has 0 amide bonds. The van der Waals surface area contributed by atoms with Crippen molar-refractivity contribution in [2.75, 3.05) is 7.11 Å². The van der Waals surface area contributed by atoms with Gasteiger partial charge in [0.2, 0.25) is 0 Å². The Morgan fingerprint density at radius 2 is 1.64 bits per heavy atom. The van der Waals surface area contributed by atoms with Crippen molar-refractivity contribution in [1.82, 2.24) is 0 Å². The molecule has 2 aromatic carbocycles. The van der Waals surface area contributed by atoms with Crippen LogP contribution in [0.15, 0.2) is 36.4 Å². The van der Waals surface area contributed by atoms with Crippen LogP contribution in [-0.4, -0.2) is 7.11 Å². The minimum atomic E-state index is -1.19. The Kier molecular flexibility index (Phi) is 7.60. The summed E-state index contributed by atoms with van der Waals surface area (Å²) in [4.78, 5) is 0. The van der Waals surface area contributed by atoms with Gasteiger partial charge in [-0.3, -0.25) is 0 Å². The van der Waals surface area contributed by atoms with Gasteiger partial charge < -0.3 is 4.74 Å². The highest BCUT2D eigenvalue weighted by molar-refractivity contribution is 5.70. The summed E-state index contributed by atoms with van der Waals surface area (Å²) in [6.45, 7) is 11.6. The number of hydrogen-bond donors (Lipinski definition) is 0. The zero-order chi connectivity index (χ0) is 19.2. The first-order valence-corrected chi connectivity index (χ1v) is 8.88. The van der Waals surface area contributed by atoms with E-state index in [0.29, 0.717) is 22.4 Å². The predicted molar refractivity (Wildman–Crippen MR) is 102 cm³/mol. The van der Waals surface area contributed by atoms with Gasteiger partial charge in [-0.1, -0.05) is 59.7 Å². The average Bonchev–Trinajstić information content (AvgIpc) is 2.62. The number of hydrogen-bond acceptors (Lipinski definition) is 1. The highest BCUT2D eigenvalue weighted by Crippen LogP contribution is 2.42. The predicted octanol–water partition coefficient (Wildman–Crippen LogP) is 7.15. The molecule has 0 N–H and O–H groups in total. The first-order chi connectivity index (χ1) is 11.8. The van der Waals surface area contributed by atoms with Crippen LogP contribution in [-0.2, 0) is 6.42 Å². The molecule has 0 aliphatic carbocycles. The minimum Gasteiger partial charge on any atom is -0.497 e. The number of benzene rings is 2. The molecule has 1 nitrogen and oxygen atoms in total. The van der Waals surface area contributed by atoms with Gasteiger partial charge in [0.1, 0.15) is 17.7 Å². The van der Waals surface area contributed by atoms with Crippen molar-refractivity contribution in [1.29, 1.82) is 0 Å². The van der Waals surface area contributed by atoms with Gasteiger partial charge in [0.05, 0.1) is 7.11 Å². The molecule has 1 atom stereocenters. The summed E-state index contributed by atoms with van der Waals surface area (Å²) in [5.74, 6) is 0.176. The highest BCUT2D eigenvalue weighted by Gasteiger charge is 2.29. The Morgan fingerprint density at radius 3 is 2.16 bits per heavy atom. The number of methoxy groups -OCH3 is 1. The van der Waals surface area contributed by atoms with Gasteiger partial charge in [-0.2, -0.15) is 0 Å². The van der Waals surface area contributed by atoms with Crippen LogP contribution in [0.5, 0.6) is 5.75 Å². The summed E-state index contributed by atoms with van der Waals surface area (Å²) >= 11 is 0. The van der Waals surface area contributed by atoms with E-state index < -0.39 is 11.6 Å². The molecule has 3 heteroatoms. The van der Waals surface area contributed by atoms with Crippen molar-refractivity contribution < 1.29 is 13.5 Å². The van der Waals surface area contributed by atoms with E-state index in [4.69, 9.17) is 4.74 Å². The molecule has 0 aromatic heterocycles. The molecule has 0 saturated heterocycles. The highest BCUT2D eigenvalue weighted by atomic mass is 19.1. The summed E-state index contributed by atoms with van der Waals surface area (Å²) in [5, 5.41) is 0. The number of ether oxygens (including phenoxy) is 1. The van der Waals surface area contributed by atoms with E-state index in [9.17, 15) is 4.39 Å². The van der Waals surface area contributed by atoms with Crippen LogP contribution in [0.4, 0.5) is 8.78 Å². The molecule has 0 radical (unpaired) electrons. The normalized spacial score (nSPS) is 12.2. The number of aryl methyl sites for hydroxylation is 1. The summed E-state index contributed by atoms with van der Waals surface area (Å²) in [7, 11) is 1.53. The average molecular weight is 348 g/mol. The van der Waals surface area contributed by atoms with Crippen molar-refractivity contribution >= 4 is 0 Å². The van der Waals surface area contributed by atoms with Crippen LogP contribution in [0.25, 0.3) is 11.1 Å². The lowest BCUT2D eigenvalue weighted by atomic mass is 9.82. The SMILES string of the molecule is CC.CCc1ccc(-c2cc(OC)ccc2F)c(C(F)C(C)(C)C)c1. The van der Waals surface area contributed by atoms with E-state index in [1.807, 2.05) is 59.7 Å². The van der Waals surface area contributed by atoms with E-state index in [1.54, 1.807) is 12.1 Å². The maximum absolute atomic E-state index is 15.1. The van der Waals surface area contributed by atoms with E-state index in [-0.39, 0.29) is 5.82 Å².